The maximum absolute atomic E-state index is 13.7. The molecule has 0 aliphatic rings. The highest BCUT2D eigenvalue weighted by atomic mass is 35.5. The average Bonchev–Trinajstić information content (AvgIpc) is 3.09. The Labute approximate surface area is 208 Å². The molecule has 0 amide bonds. The highest BCUT2D eigenvalue weighted by Gasteiger charge is 2.21. The van der Waals surface area contributed by atoms with Crippen LogP contribution in [0.5, 0.6) is 0 Å². The summed E-state index contributed by atoms with van der Waals surface area (Å²) in [7, 11) is 0. The molecule has 0 aliphatic heterocycles. The Balaban J connectivity index is 1.76. The topological polar surface area (TPSA) is 74.7 Å². The van der Waals surface area contributed by atoms with Crippen molar-refractivity contribution >= 4 is 34.1 Å². The van der Waals surface area contributed by atoms with Crippen molar-refractivity contribution in [1.29, 1.82) is 0 Å². The summed E-state index contributed by atoms with van der Waals surface area (Å²) >= 11 is 12.1. The van der Waals surface area contributed by atoms with Crippen molar-refractivity contribution in [3.8, 4) is 5.82 Å². The van der Waals surface area contributed by atoms with Gasteiger partial charge >= 0.3 is 0 Å². The number of fused-ring (bicyclic) bond motifs is 1. The molecule has 0 N–H and O–H groups in total. The van der Waals surface area contributed by atoms with Crippen LogP contribution in [0.1, 0.15) is 17.0 Å². The first-order valence-corrected chi connectivity index (χ1v) is 11.4. The molecule has 5 aromatic rings. The smallest absolute Gasteiger partial charge is 0.282 e. The summed E-state index contributed by atoms with van der Waals surface area (Å²) in [6.07, 6.45) is 0. The maximum atomic E-state index is 13.7. The molecule has 0 bridgehead atoms. The zero-order chi connectivity index (χ0) is 24.7. The first-order chi connectivity index (χ1) is 16.8. The Kier molecular flexibility index (Phi) is 6.00. The Morgan fingerprint density at radius 1 is 0.886 bits per heavy atom. The van der Waals surface area contributed by atoms with Crippen LogP contribution in [0.15, 0.2) is 76.3 Å². The van der Waals surface area contributed by atoms with E-state index in [2.05, 4.69) is 9.97 Å². The standard InChI is InChI=1S/C25H18Cl2FN5O2/c1-15-24-19(12-23(34)31(15)14-18-4-2-5-20(26)29-18)32(13-16-8-10-17(28)11-9-16)33(25(24)35)22-7-3-6-21(27)30-22/h2-12H,13-14H2,1H3. The number of aryl methyl sites for hydroxylation is 1. The van der Waals surface area contributed by atoms with Crippen LogP contribution in [0, 0.1) is 12.7 Å². The molecule has 0 atom stereocenters. The second kappa shape index (κ2) is 9.13. The fourth-order valence-corrected chi connectivity index (χ4v) is 4.44. The predicted molar refractivity (Wildman–Crippen MR) is 133 cm³/mol. The Morgan fingerprint density at radius 2 is 1.57 bits per heavy atom. The van der Waals surface area contributed by atoms with Crippen LogP contribution in [0.3, 0.4) is 0 Å². The van der Waals surface area contributed by atoms with Crippen molar-refractivity contribution in [1.82, 2.24) is 23.9 Å². The molecule has 7 nitrogen and oxygen atoms in total. The van der Waals surface area contributed by atoms with Crippen molar-refractivity contribution < 1.29 is 4.39 Å². The first kappa shape index (κ1) is 23.0. The molecule has 0 radical (unpaired) electrons. The van der Waals surface area contributed by atoms with Gasteiger partial charge in [0, 0.05) is 11.8 Å². The van der Waals surface area contributed by atoms with Crippen LogP contribution in [-0.2, 0) is 13.1 Å². The van der Waals surface area contributed by atoms with Gasteiger partial charge in [-0.05, 0) is 48.9 Å². The summed E-state index contributed by atoms with van der Waals surface area (Å²) < 4.78 is 18.0. The summed E-state index contributed by atoms with van der Waals surface area (Å²) in [6.45, 7) is 2.07. The molecule has 0 unspecified atom stereocenters. The number of hydrogen-bond acceptors (Lipinski definition) is 4. The lowest BCUT2D eigenvalue weighted by atomic mass is 10.2. The summed E-state index contributed by atoms with van der Waals surface area (Å²) in [5, 5.41) is 0.890. The molecule has 5 rings (SSSR count). The minimum absolute atomic E-state index is 0.152. The van der Waals surface area contributed by atoms with Gasteiger partial charge in [0.2, 0.25) is 0 Å². The molecule has 4 heterocycles. The summed E-state index contributed by atoms with van der Waals surface area (Å²) in [4.78, 5) is 35.5. The molecular weight excluding hydrogens is 492 g/mol. The van der Waals surface area contributed by atoms with Crippen LogP contribution in [0.4, 0.5) is 4.39 Å². The van der Waals surface area contributed by atoms with Crippen LogP contribution in [-0.4, -0.2) is 23.9 Å². The molecular formula is C25H18Cl2FN5O2. The SMILES string of the molecule is Cc1c2c(=O)n(-c3cccc(Cl)n3)n(Cc3ccc(F)cc3)c2cc(=O)n1Cc1cccc(Cl)n1. The van der Waals surface area contributed by atoms with E-state index < -0.39 is 0 Å². The van der Waals surface area contributed by atoms with Crippen LogP contribution in [0.2, 0.25) is 10.3 Å². The zero-order valence-electron chi connectivity index (χ0n) is 18.5. The minimum Gasteiger partial charge on any atom is -0.306 e. The highest BCUT2D eigenvalue weighted by molar-refractivity contribution is 6.29. The van der Waals surface area contributed by atoms with Gasteiger partial charge in [0.1, 0.15) is 16.1 Å². The maximum Gasteiger partial charge on any atom is 0.282 e. The predicted octanol–water partition coefficient (Wildman–Crippen LogP) is 4.59. The van der Waals surface area contributed by atoms with E-state index in [0.29, 0.717) is 33.3 Å². The molecule has 1 aromatic carbocycles. The van der Waals surface area contributed by atoms with Gasteiger partial charge in [-0.3, -0.25) is 14.3 Å². The molecule has 10 heteroatoms. The molecule has 4 aromatic heterocycles. The van der Waals surface area contributed by atoms with Crippen molar-refractivity contribution in [2.24, 2.45) is 0 Å². The molecule has 0 aliphatic carbocycles. The lowest BCUT2D eigenvalue weighted by Gasteiger charge is -2.13. The van der Waals surface area contributed by atoms with Gasteiger partial charge in [-0.15, -0.1) is 0 Å². The number of aromatic nitrogens is 5. The quantitative estimate of drug-likeness (QED) is 0.324. The van der Waals surface area contributed by atoms with Crippen molar-refractivity contribution in [2.45, 2.75) is 20.0 Å². The third-order valence-corrected chi connectivity index (χ3v) is 6.15. The van der Waals surface area contributed by atoms with Crippen molar-refractivity contribution in [3.05, 3.63) is 121 Å². The fourth-order valence-electron chi connectivity index (χ4n) is 4.10. The lowest BCUT2D eigenvalue weighted by Crippen LogP contribution is -2.24. The van der Waals surface area contributed by atoms with Gasteiger partial charge in [-0.1, -0.05) is 47.5 Å². The normalized spacial score (nSPS) is 11.3. The molecule has 0 saturated heterocycles. The van der Waals surface area contributed by atoms with Gasteiger partial charge in [0.15, 0.2) is 5.82 Å². The van der Waals surface area contributed by atoms with Gasteiger partial charge in [-0.25, -0.2) is 14.4 Å². The number of hydrogen-bond donors (Lipinski definition) is 0. The van der Waals surface area contributed by atoms with Crippen LogP contribution < -0.4 is 11.1 Å². The van der Waals surface area contributed by atoms with Gasteiger partial charge < -0.3 is 4.57 Å². The third-order valence-electron chi connectivity index (χ3n) is 5.73. The summed E-state index contributed by atoms with van der Waals surface area (Å²) in [5.74, 6) is -0.0657. The van der Waals surface area contributed by atoms with Crippen molar-refractivity contribution in [3.63, 3.8) is 0 Å². The Morgan fingerprint density at radius 3 is 2.26 bits per heavy atom. The van der Waals surface area contributed by atoms with Gasteiger partial charge in [0.25, 0.3) is 11.1 Å². The number of benzene rings is 1. The second-order valence-electron chi connectivity index (χ2n) is 7.99. The van der Waals surface area contributed by atoms with E-state index >= 15 is 0 Å². The van der Waals surface area contributed by atoms with E-state index in [0.717, 1.165) is 5.56 Å². The molecule has 0 saturated carbocycles. The largest absolute Gasteiger partial charge is 0.306 e. The minimum atomic E-state index is -0.367. The van der Waals surface area contributed by atoms with Gasteiger partial charge in [-0.2, -0.15) is 4.68 Å². The summed E-state index contributed by atoms with van der Waals surface area (Å²) in [5.41, 5.74) is 1.57. The van der Waals surface area contributed by atoms with Crippen LogP contribution >= 0.6 is 23.2 Å². The second-order valence-corrected chi connectivity index (χ2v) is 8.76. The van der Waals surface area contributed by atoms with Gasteiger partial charge in [0.05, 0.1) is 29.7 Å². The third kappa shape index (κ3) is 4.38. The molecule has 35 heavy (non-hydrogen) atoms. The van der Waals surface area contributed by atoms with E-state index in [1.54, 1.807) is 60.1 Å². The number of pyridine rings is 3. The van der Waals surface area contributed by atoms with E-state index in [4.69, 9.17) is 23.2 Å². The number of rotatable bonds is 5. The zero-order valence-corrected chi connectivity index (χ0v) is 20.0. The van der Waals surface area contributed by atoms with Crippen LogP contribution in [0.25, 0.3) is 16.7 Å². The summed E-state index contributed by atoms with van der Waals surface area (Å²) in [6, 6.07) is 17.5. The number of halogens is 3. The number of nitrogens with zero attached hydrogens (tertiary/aromatic N) is 5. The molecule has 0 fully saturated rings. The molecule has 0 spiro atoms. The average molecular weight is 510 g/mol. The van der Waals surface area contributed by atoms with E-state index in [-0.39, 0.29) is 35.2 Å². The van der Waals surface area contributed by atoms with E-state index in [1.165, 1.54) is 27.4 Å². The van der Waals surface area contributed by atoms with E-state index in [9.17, 15) is 14.0 Å². The highest BCUT2D eigenvalue weighted by Crippen LogP contribution is 2.20. The Hall–Kier alpha value is -3.75. The Bertz CT molecular complexity index is 1690. The first-order valence-electron chi connectivity index (χ1n) is 10.7. The molecule has 176 valence electrons. The van der Waals surface area contributed by atoms with E-state index in [1.807, 2.05) is 0 Å². The lowest BCUT2D eigenvalue weighted by molar-refractivity contribution is 0.597. The fraction of sp³-hybridized carbons (Fsp3) is 0.120. The van der Waals surface area contributed by atoms with Crippen molar-refractivity contribution in [2.75, 3.05) is 0 Å². The monoisotopic (exact) mass is 509 g/mol.